The van der Waals surface area contributed by atoms with Gasteiger partial charge in [0, 0.05) is 5.69 Å². The highest BCUT2D eigenvalue weighted by Crippen LogP contribution is 2.33. The molecule has 0 aliphatic heterocycles. The molecule has 116 valence electrons. The predicted octanol–water partition coefficient (Wildman–Crippen LogP) is 4.69. The molecule has 0 aliphatic carbocycles. The normalized spacial score (nSPS) is 11.4. The highest BCUT2D eigenvalue weighted by molar-refractivity contribution is 7.22. The van der Waals surface area contributed by atoms with Crippen molar-refractivity contribution < 1.29 is 4.42 Å². The number of hydrogen-bond acceptors (Lipinski definition) is 6. The van der Waals surface area contributed by atoms with Crippen LogP contribution in [0.4, 0.5) is 16.8 Å². The Morgan fingerprint density at radius 3 is 2.70 bits per heavy atom. The van der Waals surface area contributed by atoms with E-state index in [1.54, 1.807) is 0 Å². The molecule has 5 nitrogen and oxygen atoms in total. The van der Waals surface area contributed by atoms with E-state index in [2.05, 4.69) is 28.3 Å². The van der Waals surface area contributed by atoms with Gasteiger partial charge in [0.25, 0.3) is 0 Å². The quantitative estimate of drug-likeness (QED) is 0.523. The van der Waals surface area contributed by atoms with Crippen molar-refractivity contribution in [2.24, 2.45) is 0 Å². The van der Waals surface area contributed by atoms with Crippen LogP contribution in [0, 0.1) is 20.8 Å². The average Bonchev–Trinajstić information content (AvgIpc) is 3.02. The lowest BCUT2D eigenvalue weighted by atomic mass is 10.1. The van der Waals surface area contributed by atoms with Gasteiger partial charge in [-0.15, -0.1) is 0 Å². The van der Waals surface area contributed by atoms with Gasteiger partial charge in [0.2, 0.25) is 0 Å². The first-order valence-electron chi connectivity index (χ1n) is 7.31. The highest BCUT2D eigenvalue weighted by Gasteiger charge is 2.12. The molecule has 0 spiro atoms. The second kappa shape index (κ2) is 4.96. The number of nitrogens with zero attached hydrogens (tertiary/aromatic N) is 2. The molecule has 23 heavy (non-hydrogen) atoms. The van der Waals surface area contributed by atoms with Gasteiger partial charge in [-0.3, -0.25) is 5.32 Å². The first-order chi connectivity index (χ1) is 11.0. The fourth-order valence-corrected chi connectivity index (χ4v) is 3.78. The van der Waals surface area contributed by atoms with Gasteiger partial charge in [-0.25, -0.2) is 4.98 Å². The highest BCUT2D eigenvalue weighted by atomic mass is 32.1. The van der Waals surface area contributed by atoms with Crippen LogP contribution in [0.15, 0.2) is 28.7 Å². The number of nitrogens with one attached hydrogen (secondary N) is 1. The van der Waals surface area contributed by atoms with E-state index in [1.807, 2.05) is 32.0 Å². The third-order valence-electron chi connectivity index (χ3n) is 3.74. The molecule has 6 heteroatoms. The fourth-order valence-electron chi connectivity index (χ4n) is 2.80. The van der Waals surface area contributed by atoms with E-state index in [1.165, 1.54) is 16.9 Å². The number of nitrogen functional groups attached to an aromatic ring is 1. The molecule has 0 radical (unpaired) electrons. The lowest BCUT2D eigenvalue weighted by Crippen LogP contribution is -1.89. The smallest absolute Gasteiger partial charge is 0.302 e. The second-order valence-electron chi connectivity index (χ2n) is 5.78. The number of hydrogen-bond donors (Lipinski definition) is 2. The van der Waals surface area contributed by atoms with Gasteiger partial charge >= 0.3 is 6.01 Å². The Hall–Kier alpha value is -2.60. The van der Waals surface area contributed by atoms with Crippen molar-refractivity contribution in [2.45, 2.75) is 20.8 Å². The zero-order valence-electron chi connectivity index (χ0n) is 13.1. The van der Waals surface area contributed by atoms with Crippen molar-refractivity contribution in [1.82, 2.24) is 9.97 Å². The minimum atomic E-state index is 0.457. The molecule has 0 saturated carbocycles. The number of benzene rings is 2. The molecule has 0 atom stereocenters. The van der Waals surface area contributed by atoms with Crippen LogP contribution in [0.1, 0.15) is 16.7 Å². The molecule has 0 unspecified atom stereocenters. The van der Waals surface area contributed by atoms with E-state index in [4.69, 9.17) is 10.2 Å². The van der Waals surface area contributed by atoms with Crippen LogP contribution < -0.4 is 11.1 Å². The summed E-state index contributed by atoms with van der Waals surface area (Å²) in [4.78, 5) is 9.11. The molecule has 2 heterocycles. The van der Waals surface area contributed by atoms with E-state index in [0.717, 1.165) is 43.3 Å². The Labute approximate surface area is 137 Å². The Balaban J connectivity index is 1.75. The maximum atomic E-state index is 5.90. The molecule has 2 aromatic carbocycles. The molecular formula is C17H16N4OS. The van der Waals surface area contributed by atoms with E-state index >= 15 is 0 Å². The van der Waals surface area contributed by atoms with Gasteiger partial charge < -0.3 is 10.2 Å². The van der Waals surface area contributed by atoms with Crippen LogP contribution in [-0.2, 0) is 0 Å². The zero-order valence-corrected chi connectivity index (χ0v) is 13.9. The van der Waals surface area contributed by atoms with Crippen molar-refractivity contribution >= 4 is 49.5 Å². The largest absolute Gasteiger partial charge is 0.423 e. The molecule has 0 amide bonds. The fraction of sp³-hybridized carbons (Fsp3) is 0.176. The summed E-state index contributed by atoms with van der Waals surface area (Å²) in [6, 6.07) is 8.42. The van der Waals surface area contributed by atoms with Crippen LogP contribution in [0.5, 0.6) is 0 Å². The predicted molar refractivity (Wildman–Crippen MR) is 95.5 cm³/mol. The SMILES string of the molecule is Cc1cc(C)c2oc(Nc3nc4c(C)cc(N)cc4s3)nc2c1. The number of thiazole rings is 1. The van der Waals surface area contributed by atoms with Crippen LogP contribution in [0.3, 0.4) is 0 Å². The number of anilines is 3. The third-order valence-corrected chi connectivity index (χ3v) is 4.66. The van der Waals surface area contributed by atoms with Crippen molar-refractivity contribution in [3.05, 3.63) is 41.0 Å². The summed E-state index contributed by atoms with van der Waals surface area (Å²) < 4.78 is 6.88. The van der Waals surface area contributed by atoms with Gasteiger partial charge in [-0.1, -0.05) is 17.4 Å². The summed E-state index contributed by atoms with van der Waals surface area (Å²) in [5.41, 5.74) is 12.6. The second-order valence-corrected chi connectivity index (χ2v) is 6.81. The van der Waals surface area contributed by atoms with Gasteiger partial charge in [0.15, 0.2) is 10.7 Å². The molecule has 4 aromatic rings. The van der Waals surface area contributed by atoms with Crippen LogP contribution in [0.2, 0.25) is 0 Å². The van der Waals surface area contributed by atoms with E-state index in [9.17, 15) is 0 Å². The first kappa shape index (κ1) is 14.0. The number of rotatable bonds is 2. The van der Waals surface area contributed by atoms with E-state index < -0.39 is 0 Å². The van der Waals surface area contributed by atoms with Crippen molar-refractivity contribution in [3.8, 4) is 0 Å². The van der Waals surface area contributed by atoms with Crippen LogP contribution >= 0.6 is 11.3 Å². The molecular weight excluding hydrogens is 308 g/mol. The molecule has 0 saturated heterocycles. The lowest BCUT2D eigenvalue weighted by molar-refractivity contribution is 0.620. The Morgan fingerprint density at radius 1 is 1.04 bits per heavy atom. The number of fused-ring (bicyclic) bond motifs is 2. The van der Waals surface area contributed by atoms with Crippen molar-refractivity contribution in [1.29, 1.82) is 0 Å². The van der Waals surface area contributed by atoms with Gasteiger partial charge in [-0.05, 0) is 55.7 Å². The first-order valence-corrected chi connectivity index (χ1v) is 8.13. The molecule has 4 rings (SSSR count). The van der Waals surface area contributed by atoms with E-state index in [0.29, 0.717) is 6.01 Å². The minimum absolute atomic E-state index is 0.457. The summed E-state index contributed by atoms with van der Waals surface area (Å²) in [6.07, 6.45) is 0. The molecule has 0 bridgehead atoms. The van der Waals surface area contributed by atoms with E-state index in [-0.39, 0.29) is 0 Å². The Kier molecular flexibility index (Phi) is 3.02. The lowest BCUT2D eigenvalue weighted by Gasteiger charge is -1.96. The monoisotopic (exact) mass is 324 g/mol. The third kappa shape index (κ3) is 2.41. The van der Waals surface area contributed by atoms with Crippen molar-refractivity contribution in [3.63, 3.8) is 0 Å². The summed E-state index contributed by atoms with van der Waals surface area (Å²) >= 11 is 1.54. The van der Waals surface area contributed by atoms with Gasteiger partial charge in [-0.2, -0.15) is 4.98 Å². The van der Waals surface area contributed by atoms with Crippen LogP contribution in [0.25, 0.3) is 21.3 Å². The standard InChI is InChI=1S/C17H16N4OS/c1-8-4-10(3)15-12(5-8)19-16(22-15)21-17-20-14-9(2)6-11(18)7-13(14)23-17/h4-7H,18H2,1-3H3,(H,19,20,21). The molecule has 3 N–H and O–H groups in total. The molecule has 2 aromatic heterocycles. The maximum absolute atomic E-state index is 5.90. The van der Waals surface area contributed by atoms with Gasteiger partial charge in [0.05, 0.1) is 10.2 Å². The number of oxazole rings is 1. The topological polar surface area (TPSA) is 77.0 Å². The summed E-state index contributed by atoms with van der Waals surface area (Å²) in [5, 5.41) is 3.91. The molecule has 0 aliphatic rings. The molecule has 0 fully saturated rings. The summed E-state index contributed by atoms with van der Waals surface area (Å²) in [6.45, 7) is 6.08. The summed E-state index contributed by atoms with van der Waals surface area (Å²) in [7, 11) is 0. The number of aromatic nitrogens is 2. The minimum Gasteiger partial charge on any atom is -0.423 e. The Morgan fingerprint density at radius 2 is 1.87 bits per heavy atom. The van der Waals surface area contributed by atoms with Crippen molar-refractivity contribution in [2.75, 3.05) is 11.1 Å². The van der Waals surface area contributed by atoms with Gasteiger partial charge in [0.1, 0.15) is 5.52 Å². The summed E-state index contributed by atoms with van der Waals surface area (Å²) in [5.74, 6) is 0. The number of aryl methyl sites for hydroxylation is 3. The average molecular weight is 324 g/mol. The Bertz CT molecular complexity index is 964. The zero-order chi connectivity index (χ0) is 16.1. The number of nitrogens with two attached hydrogens (primary N) is 1. The van der Waals surface area contributed by atoms with Crippen LogP contribution in [-0.4, -0.2) is 9.97 Å². The maximum Gasteiger partial charge on any atom is 0.302 e.